The molecule has 0 bridgehead atoms. The largest absolute Gasteiger partial charge is 0.493 e. The Labute approximate surface area is 204 Å². The first-order chi connectivity index (χ1) is 14.9. The molecule has 10 heteroatoms. The Balaban J connectivity index is 1.43. The molecule has 0 aliphatic rings. The minimum Gasteiger partial charge on any atom is -0.493 e. The lowest BCUT2D eigenvalue weighted by Gasteiger charge is -2.06. The maximum atomic E-state index is 12.1. The lowest BCUT2D eigenvalue weighted by atomic mass is 10.2. The lowest BCUT2D eigenvalue weighted by molar-refractivity contribution is -0.118. The molecule has 0 saturated carbocycles. The second-order valence-corrected chi connectivity index (χ2v) is 9.40. The van der Waals surface area contributed by atoms with Crippen LogP contribution in [0, 0.1) is 0 Å². The maximum absolute atomic E-state index is 12.1. The molecule has 3 N–H and O–H groups in total. The molecule has 0 fully saturated rings. The predicted octanol–water partition coefficient (Wildman–Crippen LogP) is 6.76. The summed E-state index contributed by atoms with van der Waals surface area (Å²) in [4.78, 5) is 27.0. The van der Waals surface area contributed by atoms with Crippen molar-refractivity contribution in [3.63, 3.8) is 0 Å². The van der Waals surface area contributed by atoms with Crippen LogP contribution < -0.4 is 5.32 Å². The summed E-state index contributed by atoms with van der Waals surface area (Å²) < 4.78 is 2.32. The highest BCUT2D eigenvalue weighted by Gasteiger charge is 2.14. The topological polar surface area (TPSA) is 107 Å². The zero-order valence-electron chi connectivity index (χ0n) is 16.3. The van der Waals surface area contributed by atoms with Crippen molar-refractivity contribution in [1.29, 1.82) is 0 Å². The summed E-state index contributed by atoms with van der Waals surface area (Å²) in [5.41, 5.74) is 1.49. The molecule has 0 saturated heterocycles. The molecule has 7 nitrogen and oxygen atoms in total. The SMILES string of the molecule is O=C(CCCCCNC(=O)c1ccccc1Br)N=Nc1c(O)[nH]c2c(Br)cc(Br)cc12. The van der Waals surface area contributed by atoms with Gasteiger partial charge in [-0.15, -0.1) is 10.2 Å². The van der Waals surface area contributed by atoms with Crippen LogP contribution in [0.1, 0.15) is 36.0 Å². The number of nitrogens with one attached hydrogen (secondary N) is 2. The summed E-state index contributed by atoms with van der Waals surface area (Å²) >= 11 is 10.2. The van der Waals surface area contributed by atoms with E-state index in [2.05, 4.69) is 68.3 Å². The quantitative estimate of drug-likeness (QED) is 0.193. The van der Waals surface area contributed by atoms with E-state index in [9.17, 15) is 14.7 Å². The number of azo groups is 1. The Hall–Kier alpha value is -2.04. The number of unbranched alkanes of at least 4 members (excludes halogenated alkanes) is 2. The van der Waals surface area contributed by atoms with Crippen molar-refractivity contribution in [3.05, 3.63) is 55.4 Å². The Morgan fingerprint density at radius 1 is 1.03 bits per heavy atom. The summed E-state index contributed by atoms with van der Waals surface area (Å²) in [7, 11) is 0. The molecule has 0 aliphatic heterocycles. The van der Waals surface area contributed by atoms with Gasteiger partial charge in [-0.1, -0.05) is 34.5 Å². The van der Waals surface area contributed by atoms with E-state index in [-0.39, 0.29) is 29.8 Å². The summed E-state index contributed by atoms with van der Waals surface area (Å²) in [5.74, 6) is -0.639. The second kappa shape index (κ2) is 11.0. The van der Waals surface area contributed by atoms with Gasteiger partial charge in [0.05, 0.1) is 11.1 Å². The van der Waals surface area contributed by atoms with Crippen LogP contribution in [-0.4, -0.2) is 28.4 Å². The zero-order valence-corrected chi connectivity index (χ0v) is 21.0. The van der Waals surface area contributed by atoms with E-state index in [0.717, 1.165) is 26.3 Å². The first kappa shape index (κ1) is 23.6. The Morgan fingerprint density at radius 2 is 1.81 bits per heavy atom. The number of rotatable bonds is 8. The lowest BCUT2D eigenvalue weighted by Crippen LogP contribution is -2.24. The molecule has 0 atom stereocenters. The number of hydrogen-bond donors (Lipinski definition) is 3. The minimum absolute atomic E-state index is 0.130. The number of carbonyl (C=O) groups is 2. The number of aromatic nitrogens is 1. The van der Waals surface area contributed by atoms with Crippen LogP contribution in [0.3, 0.4) is 0 Å². The molecular formula is C21H19Br3N4O3. The average Bonchev–Trinajstić information content (AvgIpc) is 3.04. The van der Waals surface area contributed by atoms with Crippen LogP contribution in [0.25, 0.3) is 10.9 Å². The molecular weight excluding hydrogens is 596 g/mol. The van der Waals surface area contributed by atoms with Gasteiger partial charge in [0.15, 0.2) is 5.69 Å². The van der Waals surface area contributed by atoms with Gasteiger partial charge in [0, 0.05) is 31.8 Å². The van der Waals surface area contributed by atoms with Gasteiger partial charge >= 0.3 is 0 Å². The highest BCUT2D eigenvalue weighted by Crippen LogP contribution is 2.40. The Kier molecular flexibility index (Phi) is 8.39. The molecule has 2 aromatic carbocycles. The molecule has 0 unspecified atom stereocenters. The highest BCUT2D eigenvalue weighted by molar-refractivity contribution is 9.11. The summed E-state index contributed by atoms with van der Waals surface area (Å²) in [6, 6.07) is 10.9. The molecule has 162 valence electrons. The molecule has 1 heterocycles. The molecule has 0 radical (unpaired) electrons. The fourth-order valence-corrected chi connectivity index (χ4v) is 4.76. The van der Waals surface area contributed by atoms with Gasteiger partial charge < -0.3 is 15.4 Å². The number of halogens is 3. The summed E-state index contributed by atoms with van der Waals surface area (Å²) in [6.45, 7) is 0.531. The van der Waals surface area contributed by atoms with Crippen LogP contribution in [0.4, 0.5) is 5.69 Å². The molecule has 0 spiro atoms. The fourth-order valence-electron chi connectivity index (χ4n) is 2.97. The number of fused-ring (bicyclic) bond motifs is 1. The number of H-pyrrole nitrogens is 1. The number of carbonyl (C=O) groups excluding carboxylic acids is 2. The molecule has 0 aliphatic carbocycles. The van der Waals surface area contributed by atoms with Gasteiger partial charge in [0.1, 0.15) is 0 Å². The minimum atomic E-state index is -0.361. The fraction of sp³-hybridized carbons (Fsp3) is 0.238. The standard InChI is InChI=1S/C21H19Br3N4O3/c22-12-10-14-18(16(24)11-12)26-21(31)19(14)28-27-17(29)8-2-1-5-9-25-20(30)13-6-3-4-7-15(13)23/h3-4,6-7,10-11,26,31H,1-2,5,8-9H2,(H,25,30). The molecule has 31 heavy (non-hydrogen) atoms. The number of nitrogens with zero attached hydrogens (tertiary/aromatic N) is 2. The van der Waals surface area contributed by atoms with Crippen LogP contribution in [0.15, 0.2) is 60.0 Å². The van der Waals surface area contributed by atoms with Crippen molar-refractivity contribution in [2.24, 2.45) is 10.2 Å². The van der Waals surface area contributed by atoms with Crippen molar-refractivity contribution >= 4 is 76.2 Å². The van der Waals surface area contributed by atoms with Crippen LogP contribution >= 0.6 is 47.8 Å². The van der Waals surface area contributed by atoms with Crippen LogP contribution in [0.2, 0.25) is 0 Å². The van der Waals surface area contributed by atoms with Crippen molar-refractivity contribution in [2.45, 2.75) is 25.7 Å². The van der Waals surface area contributed by atoms with Gasteiger partial charge in [0.25, 0.3) is 11.8 Å². The Morgan fingerprint density at radius 3 is 2.58 bits per heavy atom. The van der Waals surface area contributed by atoms with E-state index >= 15 is 0 Å². The van der Waals surface area contributed by atoms with Gasteiger partial charge in [-0.2, -0.15) is 0 Å². The monoisotopic (exact) mass is 612 g/mol. The van der Waals surface area contributed by atoms with E-state index < -0.39 is 0 Å². The highest BCUT2D eigenvalue weighted by atomic mass is 79.9. The van der Waals surface area contributed by atoms with E-state index in [4.69, 9.17) is 0 Å². The molecule has 3 rings (SSSR count). The van der Waals surface area contributed by atoms with Gasteiger partial charge in [-0.3, -0.25) is 9.59 Å². The molecule has 2 amide bonds. The molecule has 1 aromatic heterocycles. The van der Waals surface area contributed by atoms with E-state index in [0.29, 0.717) is 29.4 Å². The third-order valence-electron chi connectivity index (χ3n) is 4.51. The number of amides is 2. The van der Waals surface area contributed by atoms with Gasteiger partial charge in [-0.05, 0) is 69.0 Å². The normalized spacial score (nSPS) is 11.3. The van der Waals surface area contributed by atoms with E-state index in [1.54, 1.807) is 12.1 Å². The second-order valence-electron chi connectivity index (χ2n) is 6.77. The smallest absolute Gasteiger partial charge is 0.264 e. The summed E-state index contributed by atoms with van der Waals surface area (Å²) in [5, 5.41) is 21.3. The molecule has 3 aromatic rings. The maximum Gasteiger partial charge on any atom is 0.264 e. The van der Waals surface area contributed by atoms with E-state index in [1.807, 2.05) is 24.3 Å². The average molecular weight is 615 g/mol. The van der Waals surface area contributed by atoms with Crippen molar-refractivity contribution in [3.8, 4) is 5.88 Å². The van der Waals surface area contributed by atoms with Crippen molar-refractivity contribution in [2.75, 3.05) is 6.54 Å². The first-order valence-electron chi connectivity index (χ1n) is 9.54. The third-order valence-corrected chi connectivity index (χ3v) is 6.29. The number of hydrogen-bond acceptors (Lipinski definition) is 4. The van der Waals surface area contributed by atoms with Crippen LogP contribution in [0.5, 0.6) is 5.88 Å². The van der Waals surface area contributed by atoms with Crippen LogP contribution in [-0.2, 0) is 4.79 Å². The van der Waals surface area contributed by atoms with Crippen molar-refractivity contribution < 1.29 is 14.7 Å². The number of aromatic amines is 1. The van der Waals surface area contributed by atoms with Gasteiger partial charge in [-0.25, -0.2) is 0 Å². The van der Waals surface area contributed by atoms with E-state index in [1.165, 1.54) is 0 Å². The Bertz CT molecular complexity index is 1140. The zero-order chi connectivity index (χ0) is 22.4. The van der Waals surface area contributed by atoms with Crippen molar-refractivity contribution in [1.82, 2.24) is 10.3 Å². The summed E-state index contributed by atoms with van der Waals surface area (Å²) in [6.07, 6.45) is 2.42. The predicted molar refractivity (Wildman–Crippen MR) is 130 cm³/mol. The van der Waals surface area contributed by atoms with Gasteiger partial charge in [0.2, 0.25) is 5.88 Å². The third kappa shape index (κ3) is 6.24. The number of aromatic hydroxyl groups is 1. The number of benzene rings is 2. The first-order valence-corrected chi connectivity index (χ1v) is 11.9.